The fraction of sp³-hybridized carbons (Fsp3) is 0.293. The van der Waals surface area contributed by atoms with Crippen LogP contribution < -0.4 is 3.32 Å². The molecule has 47 heavy (non-hydrogen) atoms. The van der Waals surface area contributed by atoms with Crippen molar-refractivity contribution in [2.24, 2.45) is 0 Å². The Hall–Kier alpha value is -3.47. The third-order valence-corrected chi connectivity index (χ3v) is 19.2. The number of hydrogen-bond donors (Lipinski definition) is 0. The van der Waals surface area contributed by atoms with E-state index in [1.807, 2.05) is 42.5 Å². The average molecular weight is 728 g/mol. The van der Waals surface area contributed by atoms with Crippen LogP contribution >= 0.6 is 0 Å². The molecule has 2 bridgehead atoms. The van der Waals surface area contributed by atoms with Crippen LogP contribution in [-0.2, 0) is 16.9 Å². The van der Waals surface area contributed by atoms with Crippen LogP contribution in [0.1, 0.15) is 53.5 Å². The number of halogens is 1. The molecular weight excluding hydrogens is 684 g/mol. The molecule has 0 saturated heterocycles. The van der Waals surface area contributed by atoms with Gasteiger partial charge in [-0.1, -0.05) is 0 Å². The third-order valence-electron chi connectivity index (χ3n) is 10.4. The molecule has 0 spiro atoms. The van der Waals surface area contributed by atoms with E-state index in [2.05, 4.69) is 82.4 Å². The first-order chi connectivity index (χ1) is 22.9. The fourth-order valence-corrected chi connectivity index (χ4v) is 17.4. The Morgan fingerprint density at radius 2 is 1.81 bits per heavy atom. The van der Waals surface area contributed by atoms with Crippen molar-refractivity contribution >= 4 is 30.3 Å². The second-order valence-electron chi connectivity index (χ2n) is 12.9. The number of nitrogens with zero attached hydrogens (tertiary/aromatic N) is 3. The Morgan fingerprint density at radius 1 is 1.02 bits per heavy atom. The number of ether oxygens (including phenoxy) is 1. The van der Waals surface area contributed by atoms with Gasteiger partial charge in [-0.2, -0.15) is 5.26 Å². The van der Waals surface area contributed by atoms with Gasteiger partial charge >= 0.3 is 237 Å². The summed E-state index contributed by atoms with van der Waals surface area (Å²) in [5, 5.41) is 9.52. The van der Waals surface area contributed by atoms with Crippen molar-refractivity contribution in [1.29, 1.82) is 5.26 Å². The molecule has 3 aromatic rings. The monoisotopic (exact) mass is 727 g/mol. The van der Waals surface area contributed by atoms with Crippen molar-refractivity contribution in [3.05, 3.63) is 155 Å². The van der Waals surface area contributed by atoms with E-state index in [4.69, 9.17) is 4.74 Å². The number of rotatable bonds is 14. The van der Waals surface area contributed by atoms with Crippen LogP contribution in [-0.4, -0.2) is 62.6 Å². The van der Waals surface area contributed by atoms with Crippen LogP contribution in [0.4, 0.5) is 4.39 Å². The maximum atomic E-state index is 14.1. The first-order valence-electron chi connectivity index (χ1n) is 16.7. The quantitative estimate of drug-likeness (QED) is 0.126. The molecule has 3 aliphatic rings. The predicted molar refractivity (Wildman–Crippen MR) is 192 cm³/mol. The van der Waals surface area contributed by atoms with Gasteiger partial charge in [-0.25, -0.2) is 4.39 Å². The first kappa shape index (κ1) is 33.4. The van der Waals surface area contributed by atoms with Crippen LogP contribution in [0.2, 0.25) is 4.18 Å². The molecule has 0 fully saturated rings. The molecule has 3 unspecified atom stereocenters. The van der Waals surface area contributed by atoms with Gasteiger partial charge in [-0.3, -0.25) is 0 Å². The fourth-order valence-electron chi connectivity index (χ4n) is 8.33. The Labute approximate surface area is 287 Å². The van der Waals surface area contributed by atoms with Crippen molar-refractivity contribution in [2.45, 2.75) is 53.8 Å². The molecule has 0 aliphatic carbocycles. The van der Waals surface area contributed by atoms with Gasteiger partial charge in [-0.05, 0) is 24.3 Å². The van der Waals surface area contributed by atoms with Crippen LogP contribution in [0, 0.1) is 17.1 Å². The molecule has 3 aromatic carbocycles. The zero-order chi connectivity index (χ0) is 33.0. The van der Waals surface area contributed by atoms with Gasteiger partial charge in [0.1, 0.15) is 5.82 Å². The Kier molecular flexibility index (Phi) is 10.2. The molecule has 0 radical (unpaired) electrons. The van der Waals surface area contributed by atoms with Gasteiger partial charge in [0, 0.05) is 0 Å². The van der Waals surface area contributed by atoms with E-state index in [9.17, 15) is 9.65 Å². The third kappa shape index (κ3) is 6.04. The second-order valence-corrected chi connectivity index (χ2v) is 20.7. The van der Waals surface area contributed by atoms with E-state index in [1.54, 1.807) is 3.32 Å². The molecule has 238 valence electrons. The molecule has 6 heteroatoms. The van der Waals surface area contributed by atoms with Crippen molar-refractivity contribution in [1.82, 2.24) is 9.80 Å². The summed E-state index contributed by atoms with van der Waals surface area (Å²) in [6.07, 6.45) is 11.8. The summed E-state index contributed by atoms with van der Waals surface area (Å²) in [4.78, 5) is 4.99. The van der Waals surface area contributed by atoms with Crippen molar-refractivity contribution in [3.8, 4) is 6.07 Å². The predicted octanol–water partition coefficient (Wildman–Crippen LogP) is 7.80. The molecule has 0 saturated carbocycles. The van der Waals surface area contributed by atoms with Crippen LogP contribution in [0.5, 0.6) is 0 Å². The second kappa shape index (κ2) is 14.3. The molecule has 0 aromatic heterocycles. The van der Waals surface area contributed by atoms with E-state index < -0.39 is 27.0 Å². The number of fused-ring (bicyclic) bond motifs is 5. The molecule has 3 aliphatic heterocycles. The minimum absolute atomic E-state index is 0.0962. The van der Waals surface area contributed by atoms with Crippen molar-refractivity contribution < 1.29 is 9.13 Å². The summed E-state index contributed by atoms with van der Waals surface area (Å²) < 4.78 is 26.3. The number of benzene rings is 3. The van der Waals surface area contributed by atoms with Crippen molar-refractivity contribution in [3.63, 3.8) is 0 Å². The summed E-state index contributed by atoms with van der Waals surface area (Å²) >= 11 is -2.02. The maximum absolute atomic E-state index is 14.1. The van der Waals surface area contributed by atoms with Gasteiger partial charge in [0.15, 0.2) is 0 Å². The SMILES string of the molecule is C=CCN(CCCC1(c2ccc(F)cc2)OCc2cc(C#N)ccc21)C(C=C)N(CC=C)C1(C=C)CC[CH2][In]2[CH]=C1c1cccc[c]12. The van der Waals surface area contributed by atoms with Gasteiger partial charge in [0.25, 0.3) is 0 Å². The Morgan fingerprint density at radius 3 is 2.53 bits per heavy atom. The van der Waals surface area contributed by atoms with E-state index in [0.29, 0.717) is 31.7 Å². The summed E-state index contributed by atoms with van der Waals surface area (Å²) in [5.41, 5.74) is 5.35. The van der Waals surface area contributed by atoms with Crippen LogP contribution in [0.15, 0.2) is 121 Å². The van der Waals surface area contributed by atoms with Crippen molar-refractivity contribution in [2.75, 3.05) is 19.6 Å². The minimum atomic E-state index is -2.02. The van der Waals surface area contributed by atoms with Gasteiger partial charge < -0.3 is 0 Å². The Bertz CT molecular complexity index is 1740. The molecule has 6 rings (SSSR count). The summed E-state index contributed by atoms with van der Waals surface area (Å²) in [5.74, 6) is -0.278. The van der Waals surface area contributed by atoms with E-state index >= 15 is 0 Å². The molecule has 4 nitrogen and oxygen atoms in total. The topological polar surface area (TPSA) is 39.5 Å². The van der Waals surface area contributed by atoms with Gasteiger partial charge in [0.2, 0.25) is 0 Å². The molecule has 3 atom stereocenters. The normalized spacial score (nSPS) is 21.7. The average Bonchev–Trinajstić information content (AvgIpc) is 3.58. The molecule has 0 N–H and O–H groups in total. The summed E-state index contributed by atoms with van der Waals surface area (Å²) in [6, 6.07) is 23.7. The standard InChI is InChI=1S/C41H43FN3O.In/c1-7-24-40(11-5,32(6)34-16-13-12-14-17-34)45(27-9-3)39(10-4)44(26-8-2)28-15-25-41(36-19-21-37(42)22-20-36)38-23-18-33(30-43)29-35(38)31-46-41;/h6,8-14,16,18-23,29,39H,1-5,7,15,24-28,31H2;. The summed E-state index contributed by atoms with van der Waals surface area (Å²) in [7, 11) is 0. The zero-order valence-corrected chi connectivity index (χ0v) is 30.5. The van der Waals surface area contributed by atoms with E-state index in [-0.39, 0.29) is 17.5 Å². The molecule has 3 heterocycles. The van der Waals surface area contributed by atoms with Crippen LogP contribution in [0.3, 0.4) is 0 Å². The molecular formula is C41H43FInN3O. The zero-order valence-electron chi connectivity index (χ0n) is 27.2. The summed E-state index contributed by atoms with van der Waals surface area (Å²) in [6.45, 7) is 19.7. The number of hydrogen-bond acceptors (Lipinski definition) is 4. The van der Waals surface area contributed by atoms with E-state index in [1.165, 1.54) is 33.9 Å². The molecule has 0 amide bonds. The van der Waals surface area contributed by atoms with Gasteiger partial charge in [0.05, 0.1) is 11.6 Å². The number of nitriles is 1. The first-order valence-corrected chi connectivity index (χ1v) is 22.6. The van der Waals surface area contributed by atoms with Gasteiger partial charge in [-0.15, -0.1) is 0 Å². The Balaban J connectivity index is 1.32. The van der Waals surface area contributed by atoms with E-state index in [0.717, 1.165) is 36.1 Å². The van der Waals surface area contributed by atoms with Crippen LogP contribution in [0.25, 0.3) is 5.57 Å².